The van der Waals surface area contributed by atoms with Crippen molar-refractivity contribution in [3.05, 3.63) is 72.3 Å². The lowest BCUT2D eigenvalue weighted by Gasteiger charge is -2.26. The van der Waals surface area contributed by atoms with Crippen LogP contribution in [0, 0.1) is 0 Å². The zero-order valence-corrected chi connectivity index (χ0v) is 19.8. The van der Waals surface area contributed by atoms with E-state index in [9.17, 15) is 4.79 Å². The maximum absolute atomic E-state index is 13.1. The van der Waals surface area contributed by atoms with Gasteiger partial charge in [-0.25, -0.2) is 9.89 Å². The Balaban J connectivity index is 1.52. The number of ether oxygens (including phenoxy) is 3. The first kappa shape index (κ1) is 23.1. The number of fused-ring (bicyclic) bond motifs is 1. The van der Waals surface area contributed by atoms with Crippen LogP contribution >= 0.6 is 0 Å². The topological polar surface area (TPSA) is 76.7 Å². The molecule has 3 aromatic carbocycles. The summed E-state index contributed by atoms with van der Waals surface area (Å²) in [7, 11) is 0. The Labute approximate surface area is 204 Å². The number of carbonyl (C=O) groups excluding carboxylic acids is 1. The van der Waals surface area contributed by atoms with Crippen molar-refractivity contribution in [3.63, 3.8) is 0 Å². The normalized spacial score (nSPS) is 14.2. The van der Waals surface area contributed by atoms with E-state index in [1.54, 1.807) is 6.92 Å². The van der Waals surface area contributed by atoms with Crippen molar-refractivity contribution in [3.8, 4) is 28.3 Å². The Morgan fingerprint density at radius 2 is 1.69 bits per heavy atom. The second kappa shape index (κ2) is 10.7. The molecule has 35 heavy (non-hydrogen) atoms. The summed E-state index contributed by atoms with van der Waals surface area (Å²) in [5.74, 6) is -0.121. The summed E-state index contributed by atoms with van der Waals surface area (Å²) in [4.78, 5) is 15.3. The second-order valence-electron chi connectivity index (χ2n) is 8.37. The van der Waals surface area contributed by atoms with Gasteiger partial charge in [0, 0.05) is 25.2 Å². The van der Waals surface area contributed by atoms with E-state index in [1.165, 1.54) is 0 Å². The summed E-state index contributed by atoms with van der Waals surface area (Å²) >= 11 is 0. The van der Waals surface area contributed by atoms with Crippen LogP contribution in [0.1, 0.15) is 17.3 Å². The van der Waals surface area contributed by atoms with Gasteiger partial charge in [-0.3, -0.25) is 4.90 Å². The van der Waals surface area contributed by atoms with E-state index in [2.05, 4.69) is 45.4 Å². The molecule has 1 aromatic heterocycles. The average molecular weight is 472 g/mol. The summed E-state index contributed by atoms with van der Waals surface area (Å²) in [5, 5.41) is 9.78. The number of morpholine rings is 1. The third-order valence-corrected chi connectivity index (χ3v) is 6.23. The summed E-state index contributed by atoms with van der Waals surface area (Å²) < 4.78 is 16.8. The monoisotopic (exact) mass is 471 g/mol. The maximum atomic E-state index is 13.1. The zero-order chi connectivity index (χ0) is 24.0. The molecule has 0 radical (unpaired) electrons. The van der Waals surface area contributed by atoms with Crippen molar-refractivity contribution in [2.75, 3.05) is 46.1 Å². The fraction of sp³-hybridized carbons (Fsp3) is 0.286. The zero-order valence-electron chi connectivity index (χ0n) is 19.8. The lowest BCUT2D eigenvalue weighted by atomic mass is 9.92. The first-order valence-corrected chi connectivity index (χ1v) is 12.0. The Morgan fingerprint density at radius 3 is 2.51 bits per heavy atom. The van der Waals surface area contributed by atoms with E-state index < -0.39 is 5.97 Å². The van der Waals surface area contributed by atoms with Gasteiger partial charge in [-0.2, -0.15) is 5.10 Å². The standard InChI is InChI=1S/C28H29N3O4/c1-2-34-28(32)25-26(29-30-27(25)35-19-16-31-14-17-33-18-15-31)24-12-6-5-11-23(24)22-13-7-9-20-8-3-4-10-21(20)22/h3-13H,2,14-19H2,1H3,(H,29,30). The van der Waals surface area contributed by atoms with Gasteiger partial charge in [-0.1, -0.05) is 66.7 Å². The molecule has 180 valence electrons. The van der Waals surface area contributed by atoms with Crippen molar-refractivity contribution < 1.29 is 19.0 Å². The Kier molecular flexibility index (Phi) is 7.07. The van der Waals surface area contributed by atoms with Gasteiger partial charge in [0.1, 0.15) is 17.9 Å². The lowest BCUT2D eigenvalue weighted by molar-refractivity contribution is 0.0318. The highest BCUT2D eigenvalue weighted by molar-refractivity contribution is 6.04. The molecule has 1 fully saturated rings. The molecular formula is C28H29N3O4. The van der Waals surface area contributed by atoms with Crippen LogP contribution in [0.2, 0.25) is 0 Å². The molecular weight excluding hydrogens is 442 g/mol. The van der Waals surface area contributed by atoms with E-state index in [0.717, 1.165) is 60.3 Å². The van der Waals surface area contributed by atoms with E-state index in [-0.39, 0.29) is 6.61 Å². The first-order valence-electron chi connectivity index (χ1n) is 12.0. The molecule has 7 heteroatoms. The highest BCUT2D eigenvalue weighted by Crippen LogP contribution is 2.38. The van der Waals surface area contributed by atoms with Gasteiger partial charge >= 0.3 is 5.97 Å². The molecule has 0 bridgehead atoms. The number of aromatic nitrogens is 2. The van der Waals surface area contributed by atoms with Crippen molar-refractivity contribution >= 4 is 16.7 Å². The smallest absolute Gasteiger partial charge is 0.345 e. The number of H-pyrrole nitrogens is 1. The molecule has 1 N–H and O–H groups in total. The quantitative estimate of drug-likeness (QED) is 0.373. The molecule has 5 rings (SSSR count). The van der Waals surface area contributed by atoms with Crippen LogP contribution in [0.3, 0.4) is 0 Å². The third-order valence-electron chi connectivity index (χ3n) is 6.23. The lowest BCUT2D eigenvalue weighted by Crippen LogP contribution is -2.38. The Morgan fingerprint density at radius 1 is 0.971 bits per heavy atom. The number of benzene rings is 3. The van der Waals surface area contributed by atoms with Gasteiger partial charge in [0.25, 0.3) is 0 Å². The molecule has 0 atom stereocenters. The van der Waals surface area contributed by atoms with Gasteiger partial charge in [0.05, 0.1) is 19.8 Å². The number of nitrogens with one attached hydrogen (secondary N) is 1. The predicted molar refractivity (Wildman–Crippen MR) is 136 cm³/mol. The fourth-order valence-electron chi connectivity index (χ4n) is 4.50. The summed E-state index contributed by atoms with van der Waals surface area (Å²) in [6, 6.07) is 22.5. The summed E-state index contributed by atoms with van der Waals surface area (Å²) in [5.41, 5.74) is 3.74. The number of carbonyl (C=O) groups is 1. The van der Waals surface area contributed by atoms with Crippen molar-refractivity contribution in [1.29, 1.82) is 0 Å². The van der Waals surface area contributed by atoms with Gasteiger partial charge in [0.15, 0.2) is 0 Å². The average Bonchev–Trinajstić information content (AvgIpc) is 3.33. The van der Waals surface area contributed by atoms with Gasteiger partial charge < -0.3 is 14.2 Å². The minimum atomic E-state index is -0.453. The number of aromatic amines is 1. The number of nitrogens with zero attached hydrogens (tertiary/aromatic N) is 2. The molecule has 2 heterocycles. The molecule has 4 aromatic rings. The number of esters is 1. The third kappa shape index (κ3) is 4.92. The minimum Gasteiger partial charge on any atom is -0.476 e. The van der Waals surface area contributed by atoms with Gasteiger partial charge in [0.2, 0.25) is 5.88 Å². The molecule has 1 aliphatic rings. The molecule has 0 amide bonds. The van der Waals surface area contributed by atoms with Crippen LogP contribution in [0.25, 0.3) is 33.2 Å². The van der Waals surface area contributed by atoms with Crippen LogP contribution in [-0.2, 0) is 9.47 Å². The van der Waals surface area contributed by atoms with Crippen molar-refractivity contribution in [1.82, 2.24) is 15.1 Å². The molecule has 7 nitrogen and oxygen atoms in total. The Bertz CT molecular complexity index is 1310. The molecule has 0 aliphatic carbocycles. The predicted octanol–water partition coefficient (Wildman–Crippen LogP) is 4.78. The molecule has 1 aliphatic heterocycles. The van der Waals surface area contributed by atoms with Crippen molar-refractivity contribution in [2.24, 2.45) is 0 Å². The Hall–Kier alpha value is -3.68. The van der Waals surface area contributed by atoms with Gasteiger partial charge in [-0.15, -0.1) is 0 Å². The van der Waals surface area contributed by atoms with E-state index in [1.807, 2.05) is 36.4 Å². The highest BCUT2D eigenvalue weighted by Gasteiger charge is 2.26. The van der Waals surface area contributed by atoms with E-state index >= 15 is 0 Å². The van der Waals surface area contributed by atoms with Crippen LogP contribution in [0.5, 0.6) is 5.88 Å². The fourth-order valence-corrected chi connectivity index (χ4v) is 4.50. The van der Waals surface area contributed by atoms with Crippen LogP contribution in [0.15, 0.2) is 66.7 Å². The second-order valence-corrected chi connectivity index (χ2v) is 8.37. The first-order chi connectivity index (χ1) is 17.3. The summed E-state index contributed by atoms with van der Waals surface area (Å²) in [6.07, 6.45) is 0. The molecule has 1 saturated heterocycles. The van der Waals surface area contributed by atoms with Crippen LogP contribution in [-0.4, -0.2) is 67.1 Å². The minimum absolute atomic E-state index is 0.266. The van der Waals surface area contributed by atoms with Crippen LogP contribution in [0.4, 0.5) is 0 Å². The highest BCUT2D eigenvalue weighted by atomic mass is 16.5. The van der Waals surface area contributed by atoms with Crippen molar-refractivity contribution in [2.45, 2.75) is 6.92 Å². The van der Waals surface area contributed by atoms with E-state index in [0.29, 0.717) is 23.7 Å². The van der Waals surface area contributed by atoms with Crippen LogP contribution < -0.4 is 4.74 Å². The summed E-state index contributed by atoms with van der Waals surface area (Å²) in [6.45, 7) is 6.44. The molecule has 0 unspecified atom stereocenters. The molecule has 0 spiro atoms. The largest absolute Gasteiger partial charge is 0.476 e. The van der Waals surface area contributed by atoms with Gasteiger partial charge in [-0.05, 0) is 28.8 Å². The number of rotatable bonds is 8. The number of hydrogen-bond donors (Lipinski definition) is 1. The molecule has 0 saturated carbocycles. The maximum Gasteiger partial charge on any atom is 0.345 e. The SMILES string of the molecule is CCOC(=O)c1c(-c2ccccc2-c2cccc3ccccc23)n[nH]c1OCCN1CCOCC1. The number of hydrogen-bond acceptors (Lipinski definition) is 6. The van der Waals surface area contributed by atoms with E-state index in [4.69, 9.17) is 14.2 Å².